The van der Waals surface area contributed by atoms with Crippen LogP contribution in [0.25, 0.3) is 10.9 Å². The van der Waals surface area contributed by atoms with Gasteiger partial charge in [0, 0.05) is 57.3 Å². The van der Waals surface area contributed by atoms with Crippen LogP contribution in [0.1, 0.15) is 16.1 Å². The minimum Gasteiger partial charge on any atom is -0.484 e. The maximum Gasteiger partial charge on any atom is 0.516 e. The number of carbonyl (C=O) groups is 1. The van der Waals surface area contributed by atoms with E-state index in [0.717, 1.165) is 23.2 Å². The fourth-order valence-electron chi connectivity index (χ4n) is 4.80. The van der Waals surface area contributed by atoms with Crippen molar-refractivity contribution in [3.8, 4) is 17.4 Å². The lowest BCUT2D eigenvalue weighted by Gasteiger charge is -2.34. The van der Waals surface area contributed by atoms with Crippen molar-refractivity contribution in [1.29, 1.82) is 0 Å². The van der Waals surface area contributed by atoms with Crippen LogP contribution in [0.4, 0.5) is 32.0 Å². The van der Waals surface area contributed by atoms with Gasteiger partial charge in [-0.2, -0.15) is 34.8 Å². The van der Waals surface area contributed by atoms with Crippen molar-refractivity contribution in [3.05, 3.63) is 78.1 Å². The van der Waals surface area contributed by atoms with E-state index in [0.29, 0.717) is 49.7 Å². The summed E-state index contributed by atoms with van der Waals surface area (Å²) in [5.41, 5.74) is -3.83. The van der Waals surface area contributed by atoms with E-state index < -0.39 is 34.0 Å². The number of nitrogens with one attached hydrogen (secondary N) is 1. The van der Waals surface area contributed by atoms with Crippen LogP contribution in [-0.4, -0.2) is 78.1 Å². The van der Waals surface area contributed by atoms with Crippen molar-refractivity contribution >= 4 is 32.5 Å². The van der Waals surface area contributed by atoms with E-state index in [1.54, 1.807) is 52.9 Å². The molecule has 1 N–H and O–H groups in total. The first-order valence-electron chi connectivity index (χ1n) is 13.7. The van der Waals surface area contributed by atoms with Gasteiger partial charge in [0.1, 0.15) is 17.2 Å². The Bertz CT molecular complexity index is 1800. The lowest BCUT2D eigenvalue weighted by Crippen LogP contribution is -2.48. The van der Waals surface area contributed by atoms with Crippen LogP contribution in [0.15, 0.2) is 66.9 Å². The second-order valence-electron chi connectivity index (χ2n) is 10.5. The number of ether oxygens (including phenoxy) is 2. The smallest absolute Gasteiger partial charge is 0.484 e. The third kappa shape index (κ3) is 7.82. The van der Waals surface area contributed by atoms with E-state index in [2.05, 4.69) is 9.88 Å². The molecule has 0 unspecified atom stereocenters. The number of aromatic nitrogens is 2. The predicted molar refractivity (Wildman–Crippen MR) is 155 cm³/mol. The molecule has 5 rings (SSSR count). The summed E-state index contributed by atoms with van der Waals surface area (Å²) in [4.78, 5) is 21.2. The van der Waals surface area contributed by atoms with Crippen molar-refractivity contribution in [2.45, 2.75) is 18.2 Å². The number of benzene rings is 2. The van der Waals surface area contributed by atoms with Gasteiger partial charge in [-0.1, -0.05) is 12.1 Å². The average Bonchev–Trinajstić information content (AvgIpc) is 3.32. The molecule has 2 aromatic carbocycles. The van der Waals surface area contributed by atoms with Crippen LogP contribution < -0.4 is 14.2 Å². The standard InChI is InChI=1S/C29H27F6N5O5S/c1-38-24-15-23(45-26-9-5-21(16-36-26)37-46(42,43)29(33,34)35)8-4-20(24)14-25(38)27(41)40-12-10-39(11-13-40)17-19-2-6-22(7-3-19)44-18-28(30,31)32/h2-9,14-16,37H,10-13,17-18H2,1H3. The van der Waals surface area contributed by atoms with Gasteiger partial charge < -0.3 is 18.9 Å². The summed E-state index contributed by atoms with van der Waals surface area (Å²) in [6.45, 7) is 1.37. The van der Waals surface area contributed by atoms with Crippen LogP contribution in [-0.2, 0) is 23.6 Å². The molecule has 0 atom stereocenters. The number of fused-ring (bicyclic) bond motifs is 1. The van der Waals surface area contributed by atoms with Crippen molar-refractivity contribution in [2.75, 3.05) is 37.5 Å². The number of anilines is 1. The topological polar surface area (TPSA) is 106 Å². The molecule has 0 bridgehead atoms. The summed E-state index contributed by atoms with van der Waals surface area (Å²) in [7, 11) is -3.85. The number of amides is 1. The predicted octanol–water partition coefficient (Wildman–Crippen LogP) is 5.53. The minimum absolute atomic E-state index is 0.00316. The molecule has 0 spiro atoms. The summed E-state index contributed by atoms with van der Waals surface area (Å²) in [6.07, 6.45) is -3.52. The molecule has 1 fully saturated rings. The zero-order valence-electron chi connectivity index (χ0n) is 24.1. The summed E-state index contributed by atoms with van der Waals surface area (Å²) < 4.78 is 111. The van der Waals surface area contributed by atoms with Crippen molar-refractivity contribution in [3.63, 3.8) is 0 Å². The third-order valence-corrected chi connectivity index (χ3v) is 8.26. The number of hydrogen-bond donors (Lipinski definition) is 1. The molecule has 3 heterocycles. The van der Waals surface area contributed by atoms with E-state index in [9.17, 15) is 39.6 Å². The van der Waals surface area contributed by atoms with Gasteiger partial charge in [-0.05, 0) is 42.0 Å². The zero-order chi connectivity index (χ0) is 33.3. The molecule has 0 saturated carbocycles. The molecular weight excluding hydrogens is 644 g/mol. The van der Waals surface area contributed by atoms with Crippen LogP contribution in [0, 0.1) is 0 Å². The molecule has 246 valence electrons. The molecule has 17 heteroatoms. The van der Waals surface area contributed by atoms with E-state index >= 15 is 0 Å². The van der Waals surface area contributed by atoms with Crippen LogP contribution in [0.5, 0.6) is 17.4 Å². The molecule has 4 aromatic rings. The van der Waals surface area contributed by atoms with Gasteiger partial charge in [0.2, 0.25) is 5.88 Å². The second-order valence-corrected chi connectivity index (χ2v) is 12.1. The maximum absolute atomic E-state index is 13.4. The highest BCUT2D eigenvalue weighted by Gasteiger charge is 2.46. The first-order valence-corrected chi connectivity index (χ1v) is 15.2. The van der Waals surface area contributed by atoms with E-state index in [4.69, 9.17) is 9.47 Å². The number of rotatable bonds is 9. The van der Waals surface area contributed by atoms with Gasteiger partial charge in [-0.25, -0.2) is 4.98 Å². The summed E-state index contributed by atoms with van der Waals surface area (Å²) in [6, 6.07) is 15.5. The quantitative estimate of drug-likeness (QED) is 0.234. The van der Waals surface area contributed by atoms with Gasteiger partial charge in [-0.3, -0.25) is 14.4 Å². The number of aryl methyl sites for hydroxylation is 1. The molecule has 46 heavy (non-hydrogen) atoms. The first kappa shape index (κ1) is 32.9. The molecule has 10 nitrogen and oxygen atoms in total. The number of pyridine rings is 1. The second kappa shape index (κ2) is 12.7. The number of halogens is 6. The normalized spacial score (nSPS) is 14.8. The first-order chi connectivity index (χ1) is 21.6. The SMILES string of the molecule is Cn1c(C(=O)N2CCN(Cc3ccc(OCC(F)(F)F)cc3)CC2)cc2ccc(Oc3ccc(NS(=O)(=O)C(F)(F)F)cn3)cc21. The Labute approximate surface area is 259 Å². The Morgan fingerprint density at radius 3 is 2.20 bits per heavy atom. The summed E-state index contributed by atoms with van der Waals surface area (Å²) in [5.74, 6) is 0.308. The number of piperazine rings is 1. The molecule has 1 aliphatic heterocycles. The van der Waals surface area contributed by atoms with Gasteiger partial charge in [-0.15, -0.1) is 0 Å². The van der Waals surface area contributed by atoms with Crippen molar-refractivity contribution < 1.29 is 49.0 Å². The number of nitrogens with zero attached hydrogens (tertiary/aromatic N) is 4. The van der Waals surface area contributed by atoms with Gasteiger partial charge in [0.25, 0.3) is 5.91 Å². The van der Waals surface area contributed by atoms with E-state index in [1.807, 2.05) is 0 Å². The monoisotopic (exact) mass is 671 g/mol. The molecular formula is C29H27F6N5O5S. The van der Waals surface area contributed by atoms with Gasteiger partial charge in [0.05, 0.1) is 17.4 Å². The molecule has 0 radical (unpaired) electrons. The Morgan fingerprint density at radius 2 is 1.59 bits per heavy atom. The Kier molecular flexibility index (Phi) is 9.08. The minimum atomic E-state index is -5.58. The molecule has 1 aliphatic rings. The van der Waals surface area contributed by atoms with Crippen molar-refractivity contribution in [2.24, 2.45) is 7.05 Å². The van der Waals surface area contributed by atoms with Crippen molar-refractivity contribution in [1.82, 2.24) is 19.4 Å². The Hall–Kier alpha value is -4.51. The Balaban J connectivity index is 1.17. The molecule has 2 aromatic heterocycles. The summed E-state index contributed by atoms with van der Waals surface area (Å²) in [5, 5.41) is 0.768. The fraction of sp³-hybridized carbons (Fsp3) is 0.310. The lowest BCUT2D eigenvalue weighted by atomic mass is 10.2. The number of alkyl halides is 6. The maximum atomic E-state index is 13.4. The zero-order valence-corrected chi connectivity index (χ0v) is 24.9. The third-order valence-electron chi connectivity index (χ3n) is 7.14. The molecule has 1 saturated heterocycles. The largest absolute Gasteiger partial charge is 0.516 e. The number of sulfonamides is 1. The van der Waals surface area contributed by atoms with Gasteiger partial charge >= 0.3 is 21.7 Å². The number of hydrogen-bond acceptors (Lipinski definition) is 7. The lowest BCUT2D eigenvalue weighted by molar-refractivity contribution is -0.153. The molecule has 1 amide bonds. The van der Waals surface area contributed by atoms with Crippen LogP contribution in [0.2, 0.25) is 0 Å². The highest BCUT2D eigenvalue weighted by atomic mass is 32.2. The highest BCUT2D eigenvalue weighted by Crippen LogP contribution is 2.29. The Morgan fingerprint density at radius 1 is 0.913 bits per heavy atom. The van der Waals surface area contributed by atoms with Gasteiger partial charge in [0.15, 0.2) is 6.61 Å². The van der Waals surface area contributed by atoms with E-state index in [-0.39, 0.29) is 17.5 Å². The number of carbonyl (C=O) groups excluding carboxylic acids is 1. The van der Waals surface area contributed by atoms with E-state index in [1.165, 1.54) is 22.9 Å². The highest BCUT2D eigenvalue weighted by molar-refractivity contribution is 7.93. The van der Waals surface area contributed by atoms with Crippen LogP contribution >= 0.6 is 0 Å². The fourth-order valence-corrected chi connectivity index (χ4v) is 5.35. The molecule has 0 aliphatic carbocycles. The van der Waals surface area contributed by atoms with Crippen LogP contribution in [0.3, 0.4) is 0 Å². The average molecular weight is 672 g/mol. The summed E-state index contributed by atoms with van der Waals surface area (Å²) >= 11 is 0.